The molecule has 0 fully saturated rings. The predicted molar refractivity (Wildman–Crippen MR) is 91.5 cm³/mol. The Hall–Kier alpha value is -1.88. The summed E-state index contributed by atoms with van der Waals surface area (Å²) in [7, 11) is 0. The lowest BCUT2D eigenvalue weighted by atomic mass is 10.1. The number of benzene rings is 1. The molecule has 0 bridgehead atoms. The van der Waals surface area contributed by atoms with Gasteiger partial charge in [-0.15, -0.1) is 0 Å². The monoisotopic (exact) mass is 305 g/mol. The third kappa shape index (κ3) is 7.46. The van der Waals surface area contributed by atoms with Gasteiger partial charge in [0.25, 0.3) is 5.91 Å². The molecular formula is C16H23N3OS. The van der Waals surface area contributed by atoms with E-state index >= 15 is 0 Å². The molecule has 0 saturated heterocycles. The topological polar surface area (TPSA) is 53.2 Å². The largest absolute Gasteiger partial charge is 0.361 e. The van der Waals surface area contributed by atoms with E-state index < -0.39 is 0 Å². The summed E-state index contributed by atoms with van der Waals surface area (Å²) in [6.45, 7) is 7.09. The van der Waals surface area contributed by atoms with Crippen LogP contribution < -0.4 is 16.2 Å². The summed E-state index contributed by atoms with van der Waals surface area (Å²) < 4.78 is 0. The predicted octanol–water partition coefficient (Wildman–Crippen LogP) is 2.55. The first-order chi connectivity index (χ1) is 9.99. The van der Waals surface area contributed by atoms with Crippen molar-refractivity contribution in [2.24, 2.45) is 5.92 Å². The van der Waals surface area contributed by atoms with Crippen LogP contribution in [-0.2, 0) is 4.79 Å². The van der Waals surface area contributed by atoms with E-state index in [-0.39, 0.29) is 5.91 Å². The Morgan fingerprint density at radius 1 is 1.29 bits per heavy atom. The number of hydrogen-bond donors (Lipinski definition) is 3. The fourth-order valence-corrected chi connectivity index (χ4v) is 1.77. The molecule has 0 saturated carbocycles. The molecule has 0 atom stereocenters. The van der Waals surface area contributed by atoms with Crippen molar-refractivity contribution in [1.82, 2.24) is 16.2 Å². The summed E-state index contributed by atoms with van der Waals surface area (Å²) >= 11 is 5.06. The molecule has 0 aromatic heterocycles. The Morgan fingerprint density at radius 3 is 2.67 bits per heavy atom. The number of nitrogens with one attached hydrogen (secondary N) is 3. The van der Waals surface area contributed by atoms with E-state index in [0.717, 1.165) is 24.1 Å². The van der Waals surface area contributed by atoms with Gasteiger partial charge in [-0.05, 0) is 48.7 Å². The minimum Gasteiger partial charge on any atom is -0.361 e. The molecule has 4 nitrogen and oxygen atoms in total. The van der Waals surface area contributed by atoms with Crippen molar-refractivity contribution >= 4 is 29.3 Å². The van der Waals surface area contributed by atoms with Crippen LogP contribution in [0.3, 0.4) is 0 Å². The summed E-state index contributed by atoms with van der Waals surface area (Å²) in [5, 5.41) is 3.46. The zero-order valence-electron chi connectivity index (χ0n) is 12.8. The minimum atomic E-state index is -0.244. The third-order valence-electron chi connectivity index (χ3n) is 2.91. The maximum Gasteiger partial charge on any atom is 0.262 e. The summed E-state index contributed by atoms with van der Waals surface area (Å²) in [5.74, 6) is 0.373. The smallest absolute Gasteiger partial charge is 0.262 e. The van der Waals surface area contributed by atoms with E-state index in [0.29, 0.717) is 11.0 Å². The van der Waals surface area contributed by atoms with E-state index in [1.54, 1.807) is 6.08 Å². The fraction of sp³-hybridized carbons (Fsp3) is 0.375. The first-order valence-corrected chi connectivity index (χ1v) is 7.47. The number of hydrazine groups is 1. The second-order valence-corrected chi connectivity index (χ2v) is 5.65. The van der Waals surface area contributed by atoms with Crippen LogP contribution in [0.1, 0.15) is 31.4 Å². The minimum absolute atomic E-state index is 0.244. The third-order valence-corrected chi connectivity index (χ3v) is 3.16. The maximum atomic E-state index is 11.7. The average molecular weight is 305 g/mol. The van der Waals surface area contributed by atoms with Gasteiger partial charge in [0.15, 0.2) is 5.11 Å². The van der Waals surface area contributed by atoms with Crippen molar-refractivity contribution in [1.29, 1.82) is 0 Å². The van der Waals surface area contributed by atoms with Crippen molar-refractivity contribution in [2.45, 2.75) is 27.2 Å². The molecule has 0 unspecified atom stereocenters. The lowest BCUT2D eigenvalue weighted by molar-refractivity contribution is -0.116. The Morgan fingerprint density at radius 2 is 2.00 bits per heavy atom. The van der Waals surface area contributed by atoms with Gasteiger partial charge >= 0.3 is 0 Å². The number of hydrogen-bond acceptors (Lipinski definition) is 2. The number of thiocarbonyl (C=S) groups is 1. The normalized spacial score (nSPS) is 10.7. The van der Waals surface area contributed by atoms with Gasteiger partial charge in [-0.2, -0.15) is 0 Å². The van der Waals surface area contributed by atoms with Crippen molar-refractivity contribution in [2.75, 3.05) is 6.54 Å². The Balaban J connectivity index is 2.31. The van der Waals surface area contributed by atoms with Gasteiger partial charge in [0.2, 0.25) is 0 Å². The molecule has 1 amide bonds. The van der Waals surface area contributed by atoms with Crippen LogP contribution in [0.5, 0.6) is 0 Å². The van der Waals surface area contributed by atoms with E-state index in [9.17, 15) is 4.79 Å². The Bertz CT molecular complexity index is 512. The van der Waals surface area contributed by atoms with E-state index in [4.69, 9.17) is 12.2 Å². The van der Waals surface area contributed by atoms with Crippen LogP contribution >= 0.6 is 12.2 Å². The molecule has 1 aromatic carbocycles. The van der Waals surface area contributed by atoms with Crippen LogP contribution in [0.2, 0.25) is 0 Å². The second kappa shape index (κ2) is 9.13. The number of amides is 1. The van der Waals surface area contributed by atoms with Crippen LogP contribution in [0, 0.1) is 12.8 Å². The van der Waals surface area contributed by atoms with Crippen molar-refractivity contribution < 1.29 is 4.79 Å². The zero-order valence-corrected chi connectivity index (χ0v) is 13.6. The molecule has 0 aliphatic heterocycles. The van der Waals surface area contributed by atoms with E-state index in [2.05, 4.69) is 30.0 Å². The molecule has 114 valence electrons. The molecule has 5 heteroatoms. The number of rotatable bonds is 5. The molecule has 3 N–H and O–H groups in total. The van der Waals surface area contributed by atoms with Crippen molar-refractivity contribution in [3.8, 4) is 0 Å². The first-order valence-electron chi connectivity index (χ1n) is 7.06. The summed E-state index contributed by atoms with van der Waals surface area (Å²) in [6.07, 6.45) is 4.29. The summed E-state index contributed by atoms with van der Waals surface area (Å²) in [5.41, 5.74) is 7.35. The highest BCUT2D eigenvalue weighted by molar-refractivity contribution is 7.80. The maximum absolute atomic E-state index is 11.7. The van der Waals surface area contributed by atoms with Gasteiger partial charge in [-0.1, -0.05) is 38.1 Å². The Kier molecular flexibility index (Phi) is 7.46. The van der Waals surface area contributed by atoms with Crippen LogP contribution in [0.25, 0.3) is 6.08 Å². The van der Waals surface area contributed by atoms with Crippen LogP contribution in [0.15, 0.2) is 30.3 Å². The molecule has 21 heavy (non-hydrogen) atoms. The van der Waals surface area contributed by atoms with E-state index in [1.165, 1.54) is 6.08 Å². The van der Waals surface area contributed by atoms with Gasteiger partial charge < -0.3 is 5.32 Å². The quantitative estimate of drug-likeness (QED) is 0.444. The molecule has 0 heterocycles. The van der Waals surface area contributed by atoms with Crippen LogP contribution in [0.4, 0.5) is 0 Å². The van der Waals surface area contributed by atoms with Gasteiger partial charge in [0, 0.05) is 12.6 Å². The second-order valence-electron chi connectivity index (χ2n) is 5.24. The zero-order chi connectivity index (χ0) is 15.7. The average Bonchev–Trinajstić information content (AvgIpc) is 2.44. The molecule has 0 spiro atoms. The molecule has 1 rings (SSSR count). The molecule has 0 radical (unpaired) electrons. The van der Waals surface area contributed by atoms with Gasteiger partial charge in [-0.3, -0.25) is 15.6 Å². The fourth-order valence-electron chi connectivity index (χ4n) is 1.62. The number of aryl methyl sites for hydroxylation is 1. The highest BCUT2D eigenvalue weighted by Crippen LogP contribution is 2.08. The van der Waals surface area contributed by atoms with Gasteiger partial charge in [0.1, 0.15) is 0 Å². The van der Waals surface area contributed by atoms with Gasteiger partial charge in [-0.25, -0.2) is 0 Å². The SMILES string of the molecule is Cc1ccccc1/C=C/C(=O)NNC(=S)NCCC(C)C. The first kappa shape index (κ1) is 17.2. The van der Waals surface area contributed by atoms with E-state index in [1.807, 2.05) is 31.2 Å². The van der Waals surface area contributed by atoms with Crippen molar-refractivity contribution in [3.05, 3.63) is 41.5 Å². The molecule has 1 aromatic rings. The lowest BCUT2D eigenvalue weighted by Crippen LogP contribution is -2.46. The number of carbonyl (C=O) groups excluding carboxylic acids is 1. The highest BCUT2D eigenvalue weighted by Gasteiger charge is 1.99. The lowest BCUT2D eigenvalue weighted by Gasteiger charge is -2.11. The Labute approximate surface area is 132 Å². The molecular weight excluding hydrogens is 282 g/mol. The summed E-state index contributed by atoms with van der Waals surface area (Å²) in [4.78, 5) is 11.7. The van der Waals surface area contributed by atoms with Crippen LogP contribution in [-0.4, -0.2) is 17.6 Å². The van der Waals surface area contributed by atoms with Gasteiger partial charge in [0.05, 0.1) is 0 Å². The number of carbonyl (C=O) groups is 1. The molecule has 0 aliphatic carbocycles. The highest BCUT2D eigenvalue weighted by atomic mass is 32.1. The molecule has 0 aliphatic rings. The van der Waals surface area contributed by atoms with Crippen molar-refractivity contribution in [3.63, 3.8) is 0 Å². The standard InChI is InChI=1S/C16H23N3OS/c1-12(2)10-11-17-16(21)19-18-15(20)9-8-14-7-5-4-6-13(14)3/h4-9,12H,10-11H2,1-3H3,(H,18,20)(H2,17,19,21)/b9-8+. The summed E-state index contributed by atoms with van der Waals surface area (Å²) in [6, 6.07) is 7.88.